The van der Waals surface area contributed by atoms with Gasteiger partial charge in [-0.05, 0) is 25.8 Å². The Labute approximate surface area is 75.4 Å². The van der Waals surface area contributed by atoms with Crippen molar-refractivity contribution in [2.24, 2.45) is 0 Å². The molecule has 1 saturated carbocycles. The largest absolute Gasteiger partial charge is 0.392 e. The van der Waals surface area contributed by atoms with Crippen molar-refractivity contribution >= 4 is 0 Å². The first-order valence-corrected chi connectivity index (χ1v) is 5.26. The van der Waals surface area contributed by atoms with Gasteiger partial charge in [0.25, 0.3) is 0 Å². The summed E-state index contributed by atoms with van der Waals surface area (Å²) in [6.07, 6.45) is 7.00. The minimum Gasteiger partial charge on any atom is -0.392 e. The summed E-state index contributed by atoms with van der Waals surface area (Å²) < 4.78 is 0. The van der Waals surface area contributed by atoms with Crippen LogP contribution in [0.5, 0.6) is 0 Å². The lowest BCUT2D eigenvalue weighted by Gasteiger charge is -2.28. The molecule has 0 unspecified atom stereocenters. The molecule has 0 aromatic heterocycles. The van der Waals surface area contributed by atoms with E-state index in [1.807, 2.05) is 0 Å². The lowest BCUT2D eigenvalue weighted by Crippen LogP contribution is -2.42. The van der Waals surface area contributed by atoms with Crippen LogP contribution >= 0.6 is 0 Å². The Morgan fingerprint density at radius 2 is 2.08 bits per heavy atom. The van der Waals surface area contributed by atoms with Crippen molar-refractivity contribution in [2.45, 2.75) is 57.6 Å². The molecule has 0 saturated heterocycles. The summed E-state index contributed by atoms with van der Waals surface area (Å²) in [6, 6.07) is 0.380. The van der Waals surface area contributed by atoms with Crippen molar-refractivity contribution in [3.05, 3.63) is 0 Å². The summed E-state index contributed by atoms with van der Waals surface area (Å²) in [5.74, 6) is 0. The molecule has 0 spiro atoms. The summed E-state index contributed by atoms with van der Waals surface area (Å²) in [5.41, 5.74) is 0. The highest BCUT2D eigenvalue weighted by molar-refractivity contribution is 4.79. The van der Waals surface area contributed by atoms with Gasteiger partial charge >= 0.3 is 0 Å². The number of aliphatic hydroxyl groups excluding tert-OH is 1. The lowest BCUT2D eigenvalue weighted by molar-refractivity contribution is 0.0910. The van der Waals surface area contributed by atoms with E-state index in [0.717, 1.165) is 19.4 Å². The summed E-state index contributed by atoms with van der Waals surface area (Å²) in [7, 11) is 0. The normalized spacial score (nSPS) is 30.5. The quantitative estimate of drug-likeness (QED) is 0.631. The van der Waals surface area contributed by atoms with Gasteiger partial charge in [0.2, 0.25) is 0 Å². The molecule has 2 N–H and O–H groups in total. The highest BCUT2D eigenvalue weighted by atomic mass is 16.3. The fourth-order valence-corrected chi connectivity index (χ4v) is 1.81. The van der Waals surface area contributed by atoms with Crippen LogP contribution in [0.25, 0.3) is 0 Å². The van der Waals surface area contributed by atoms with Crippen LogP contribution in [0.1, 0.15) is 45.4 Å². The van der Waals surface area contributed by atoms with E-state index >= 15 is 0 Å². The predicted molar refractivity (Wildman–Crippen MR) is 51.2 cm³/mol. The van der Waals surface area contributed by atoms with Crippen molar-refractivity contribution in [1.29, 1.82) is 0 Å². The molecule has 1 fully saturated rings. The van der Waals surface area contributed by atoms with Gasteiger partial charge in [-0.25, -0.2) is 0 Å². The smallest absolute Gasteiger partial charge is 0.0693 e. The highest BCUT2D eigenvalue weighted by Gasteiger charge is 2.21. The fourth-order valence-electron chi connectivity index (χ4n) is 1.81. The van der Waals surface area contributed by atoms with E-state index in [4.69, 9.17) is 0 Å². The number of unbranched alkanes of at least 4 members (excludes halogenated alkanes) is 1. The van der Waals surface area contributed by atoms with Crippen LogP contribution in [-0.4, -0.2) is 23.8 Å². The van der Waals surface area contributed by atoms with Gasteiger partial charge in [0.05, 0.1) is 6.10 Å². The third-order valence-electron chi connectivity index (χ3n) is 2.67. The zero-order valence-electron chi connectivity index (χ0n) is 8.05. The first kappa shape index (κ1) is 10.0. The number of aliphatic hydroxyl groups is 1. The topological polar surface area (TPSA) is 32.3 Å². The zero-order valence-corrected chi connectivity index (χ0v) is 8.05. The van der Waals surface area contributed by atoms with Crippen molar-refractivity contribution < 1.29 is 5.11 Å². The maximum Gasteiger partial charge on any atom is 0.0693 e. The van der Waals surface area contributed by atoms with Gasteiger partial charge in [-0.1, -0.05) is 26.2 Å². The van der Waals surface area contributed by atoms with E-state index in [9.17, 15) is 5.11 Å². The molecule has 0 aromatic rings. The molecule has 1 aliphatic rings. The molecule has 0 radical (unpaired) electrons. The molecule has 0 amide bonds. The van der Waals surface area contributed by atoms with Crippen LogP contribution in [0.2, 0.25) is 0 Å². The molecule has 12 heavy (non-hydrogen) atoms. The Kier molecular flexibility index (Phi) is 4.62. The Morgan fingerprint density at radius 1 is 1.33 bits per heavy atom. The number of nitrogens with one attached hydrogen (secondary N) is 1. The van der Waals surface area contributed by atoms with Crippen LogP contribution in [-0.2, 0) is 0 Å². The van der Waals surface area contributed by atoms with Gasteiger partial charge in [0.15, 0.2) is 0 Å². The second kappa shape index (κ2) is 5.55. The predicted octanol–water partition coefficient (Wildman–Crippen LogP) is 1.68. The molecule has 0 heterocycles. The first-order valence-electron chi connectivity index (χ1n) is 5.26. The zero-order chi connectivity index (χ0) is 8.81. The van der Waals surface area contributed by atoms with Gasteiger partial charge in [0, 0.05) is 6.04 Å². The summed E-state index contributed by atoms with van der Waals surface area (Å²) in [6.45, 7) is 3.26. The number of rotatable bonds is 4. The second-order valence-corrected chi connectivity index (χ2v) is 3.77. The van der Waals surface area contributed by atoms with Crippen LogP contribution in [0, 0.1) is 0 Å². The van der Waals surface area contributed by atoms with Gasteiger partial charge in [-0.15, -0.1) is 0 Å². The summed E-state index contributed by atoms with van der Waals surface area (Å²) in [5, 5.41) is 13.0. The van der Waals surface area contributed by atoms with Crippen LogP contribution in [0.4, 0.5) is 0 Å². The van der Waals surface area contributed by atoms with Gasteiger partial charge in [0.1, 0.15) is 0 Å². The number of hydrogen-bond acceptors (Lipinski definition) is 2. The van der Waals surface area contributed by atoms with Crippen LogP contribution < -0.4 is 5.32 Å². The SMILES string of the molecule is CCCCN[C@@H]1CCCC[C@@H]1O. The Hall–Kier alpha value is -0.0800. The summed E-state index contributed by atoms with van der Waals surface area (Å²) >= 11 is 0. The van der Waals surface area contributed by atoms with Crippen LogP contribution in [0.3, 0.4) is 0 Å². The van der Waals surface area contributed by atoms with Gasteiger partial charge < -0.3 is 10.4 Å². The maximum absolute atomic E-state index is 9.61. The molecule has 2 atom stereocenters. The second-order valence-electron chi connectivity index (χ2n) is 3.77. The highest BCUT2D eigenvalue weighted by Crippen LogP contribution is 2.18. The molecule has 0 bridgehead atoms. The maximum atomic E-state index is 9.61. The van der Waals surface area contributed by atoms with Crippen molar-refractivity contribution in [3.8, 4) is 0 Å². The van der Waals surface area contributed by atoms with E-state index < -0.39 is 0 Å². The Balaban J connectivity index is 2.11. The van der Waals surface area contributed by atoms with Crippen molar-refractivity contribution in [2.75, 3.05) is 6.54 Å². The van der Waals surface area contributed by atoms with E-state index in [1.165, 1.54) is 25.7 Å². The molecule has 0 aliphatic heterocycles. The molecular weight excluding hydrogens is 150 g/mol. The Bertz CT molecular complexity index is 116. The van der Waals surface area contributed by atoms with E-state index in [2.05, 4.69) is 12.2 Å². The number of hydrogen-bond donors (Lipinski definition) is 2. The van der Waals surface area contributed by atoms with E-state index in [-0.39, 0.29) is 6.10 Å². The average Bonchev–Trinajstić information content (AvgIpc) is 2.09. The van der Waals surface area contributed by atoms with Crippen molar-refractivity contribution in [3.63, 3.8) is 0 Å². The minimum absolute atomic E-state index is 0.0874. The monoisotopic (exact) mass is 171 g/mol. The molecule has 0 aromatic carbocycles. The molecule has 1 rings (SSSR count). The molecule has 2 heteroatoms. The van der Waals surface area contributed by atoms with Crippen LogP contribution in [0.15, 0.2) is 0 Å². The lowest BCUT2D eigenvalue weighted by atomic mass is 9.92. The fraction of sp³-hybridized carbons (Fsp3) is 1.00. The van der Waals surface area contributed by atoms with Gasteiger partial charge in [-0.2, -0.15) is 0 Å². The van der Waals surface area contributed by atoms with E-state index in [0.29, 0.717) is 6.04 Å². The molecule has 1 aliphatic carbocycles. The summed E-state index contributed by atoms with van der Waals surface area (Å²) in [4.78, 5) is 0. The molecule has 72 valence electrons. The minimum atomic E-state index is -0.0874. The van der Waals surface area contributed by atoms with Gasteiger partial charge in [-0.3, -0.25) is 0 Å². The van der Waals surface area contributed by atoms with Crippen molar-refractivity contribution in [1.82, 2.24) is 5.32 Å². The Morgan fingerprint density at radius 3 is 2.75 bits per heavy atom. The first-order chi connectivity index (χ1) is 5.84. The third kappa shape index (κ3) is 3.11. The standard InChI is InChI=1S/C10H21NO/c1-2-3-8-11-9-6-4-5-7-10(9)12/h9-12H,2-8H2,1H3/t9-,10+/m1/s1. The van der Waals surface area contributed by atoms with E-state index in [1.54, 1.807) is 0 Å². The molecule has 2 nitrogen and oxygen atoms in total. The average molecular weight is 171 g/mol. The third-order valence-corrected chi connectivity index (χ3v) is 2.67. The molecular formula is C10H21NO.